The van der Waals surface area contributed by atoms with Crippen molar-refractivity contribution in [3.63, 3.8) is 0 Å². The standard InChI is InChI=1S/C12H15FN2OS/c1-8-2-3-9(13)6-10(8)15-12(16)11-7-17-5-4-14-11/h2-3,6,11,14H,4-5,7H2,1H3,(H,15,16). The molecule has 0 radical (unpaired) electrons. The Kier molecular flexibility index (Phi) is 4.02. The van der Waals surface area contributed by atoms with Gasteiger partial charge < -0.3 is 10.6 Å². The van der Waals surface area contributed by atoms with Crippen molar-refractivity contribution in [1.82, 2.24) is 5.32 Å². The zero-order valence-corrected chi connectivity index (χ0v) is 10.4. The molecule has 0 bridgehead atoms. The summed E-state index contributed by atoms with van der Waals surface area (Å²) in [4.78, 5) is 11.9. The molecule has 1 aromatic carbocycles. The quantitative estimate of drug-likeness (QED) is 0.845. The van der Waals surface area contributed by atoms with Crippen LogP contribution < -0.4 is 10.6 Å². The molecule has 1 heterocycles. The number of amides is 1. The highest BCUT2D eigenvalue weighted by atomic mass is 32.2. The molecule has 1 aliphatic rings. The lowest BCUT2D eigenvalue weighted by Crippen LogP contribution is -2.46. The van der Waals surface area contributed by atoms with E-state index in [1.807, 2.05) is 6.92 Å². The Balaban J connectivity index is 2.04. The second-order valence-corrected chi connectivity index (χ2v) is 5.18. The lowest BCUT2D eigenvalue weighted by atomic mass is 10.2. The summed E-state index contributed by atoms with van der Waals surface area (Å²) in [5.41, 5.74) is 1.41. The minimum atomic E-state index is -0.336. The molecule has 1 aliphatic heterocycles. The van der Waals surface area contributed by atoms with Gasteiger partial charge in [-0.2, -0.15) is 11.8 Å². The van der Waals surface area contributed by atoms with Crippen LogP contribution in [0.4, 0.5) is 10.1 Å². The van der Waals surface area contributed by atoms with Gasteiger partial charge in [-0.15, -0.1) is 0 Å². The molecule has 1 amide bonds. The Morgan fingerprint density at radius 1 is 1.59 bits per heavy atom. The van der Waals surface area contributed by atoms with Crippen LogP contribution in [0.25, 0.3) is 0 Å². The van der Waals surface area contributed by atoms with Gasteiger partial charge in [-0.05, 0) is 24.6 Å². The van der Waals surface area contributed by atoms with Crippen LogP contribution in [0.2, 0.25) is 0 Å². The Hall–Kier alpha value is -1.07. The Morgan fingerprint density at radius 2 is 2.41 bits per heavy atom. The predicted octanol–water partition coefficient (Wildman–Crippen LogP) is 1.78. The molecule has 0 spiro atoms. The summed E-state index contributed by atoms with van der Waals surface area (Å²) in [6, 6.07) is 4.22. The smallest absolute Gasteiger partial charge is 0.242 e. The molecule has 0 aliphatic carbocycles. The van der Waals surface area contributed by atoms with Gasteiger partial charge in [0.15, 0.2) is 0 Å². The topological polar surface area (TPSA) is 41.1 Å². The van der Waals surface area contributed by atoms with Crippen molar-refractivity contribution in [3.05, 3.63) is 29.6 Å². The highest BCUT2D eigenvalue weighted by Gasteiger charge is 2.21. The number of carbonyl (C=O) groups is 1. The number of hydrogen-bond acceptors (Lipinski definition) is 3. The van der Waals surface area contributed by atoms with E-state index in [1.54, 1.807) is 17.8 Å². The minimum Gasteiger partial charge on any atom is -0.324 e. The first kappa shape index (κ1) is 12.4. The van der Waals surface area contributed by atoms with Crippen molar-refractivity contribution in [2.75, 3.05) is 23.4 Å². The molecule has 3 nitrogen and oxygen atoms in total. The maximum Gasteiger partial charge on any atom is 0.242 e. The predicted molar refractivity (Wildman–Crippen MR) is 68.9 cm³/mol. The summed E-state index contributed by atoms with van der Waals surface area (Å²) >= 11 is 1.75. The number of hydrogen-bond donors (Lipinski definition) is 2. The van der Waals surface area contributed by atoms with Gasteiger partial charge in [0.1, 0.15) is 5.82 Å². The third kappa shape index (κ3) is 3.20. The molecule has 17 heavy (non-hydrogen) atoms. The normalized spacial score (nSPS) is 20.0. The molecule has 1 unspecified atom stereocenters. The lowest BCUT2D eigenvalue weighted by Gasteiger charge is -2.22. The van der Waals surface area contributed by atoms with E-state index >= 15 is 0 Å². The van der Waals surface area contributed by atoms with Crippen LogP contribution in [0.5, 0.6) is 0 Å². The average Bonchev–Trinajstić information content (AvgIpc) is 2.35. The fourth-order valence-corrected chi connectivity index (χ4v) is 2.62. The summed E-state index contributed by atoms with van der Waals surface area (Å²) < 4.78 is 13.1. The SMILES string of the molecule is Cc1ccc(F)cc1NC(=O)C1CSCCN1. The summed E-state index contributed by atoms with van der Waals surface area (Å²) in [6.45, 7) is 2.68. The highest BCUT2D eigenvalue weighted by molar-refractivity contribution is 7.99. The maximum absolute atomic E-state index is 13.1. The molecule has 2 rings (SSSR count). The number of rotatable bonds is 2. The lowest BCUT2D eigenvalue weighted by molar-refractivity contribution is -0.117. The average molecular weight is 254 g/mol. The van der Waals surface area contributed by atoms with Gasteiger partial charge in [0.2, 0.25) is 5.91 Å². The van der Waals surface area contributed by atoms with E-state index in [2.05, 4.69) is 10.6 Å². The van der Waals surface area contributed by atoms with Gasteiger partial charge >= 0.3 is 0 Å². The van der Waals surface area contributed by atoms with E-state index in [1.165, 1.54) is 12.1 Å². The van der Waals surface area contributed by atoms with Crippen LogP contribution in [0.3, 0.4) is 0 Å². The first-order valence-corrected chi connectivity index (χ1v) is 6.70. The number of thioether (sulfide) groups is 1. The molecule has 1 saturated heterocycles. The number of halogens is 1. The zero-order chi connectivity index (χ0) is 12.3. The number of carbonyl (C=O) groups excluding carboxylic acids is 1. The van der Waals surface area contributed by atoms with Crippen LogP contribution in [0, 0.1) is 12.7 Å². The number of aryl methyl sites for hydroxylation is 1. The van der Waals surface area contributed by atoms with Gasteiger partial charge in [0.25, 0.3) is 0 Å². The maximum atomic E-state index is 13.1. The van der Waals surface area contributed by atoms with Crippen LogP contribution in [-0.2, 0) is 4.79 Å². The van der Waals surface area contributed by atoms with E-state index in [9.17, 15) is 9.18 Å². The van der Waals surface area contributed by atoms with Gasteiger partial charge in [-0.1, -0.05) is 6.07 Å². The van der Waals surface area contributed by atoms with Gasteiger partial charge in [0.05, 0.1) is 6.04 Å². The van der Waals surface area contributed by atoms with Crippen LogP contribution in [-0.4, -0.2) is 30.0 Å². The third-order valence-electron chi connectivity index (χ3n) is 2.70. The third-order valence-corrected chi connectivity index (χ3v) is 3.76. The van der Waals surface area contributed by atoms with Gasteiger partial charge in [-0.3, -0.25) is 4.79 Å². The summed E-state index contributed by atoms with van der Waals surface area (Å²) in [7, 11) is 0. The Bertz CT molecular complexity index is 419. The van der Waals surface area contributed by atoms with E-state index in [0.29, 0.717) is 5.69 Å². The van der Waals surface area contributed by atoms with Crippen LogP contribution in [0.1, 0.15) is 5.56 Å². The minimum absolute atomic E-state index is 0.0918. The molecule has 1 aromatic rings. The summed E-state index contributed by atoms with van der Waals surface area (Å²) in [6.07, 6.45) is 0. The molecule has 1 fully saturated rings. The fraction of sp³-hybridized carbons (Fsp3) is 0.417. The highest BCUT2D eigenvalue weighted by Crippen LogP contribution is 2.17. The van der Waals surface area contributed by atoms with Crippen molar-refractivity contribution < 1.29 is 9.18 Å². The first-order valence-electron chi connectivity index (χ1n) is 5.55. The molecular weight excluding hydrogens is 239 g/mol. The number of anilines is 1. The molecule has 5 heteroatoms. The number of nitrogens with one attached hydrogen (secondary N) is 2. The molecular formula is C12H15FN2OS. The van der Waals surface area contributed by atoms with Crippen molar-refractivity contribution in [1.29, 1.82) is 0 Å². The second kappa shape index (κ2) is 5.51. The second-order valence-electron chi connectivity index (χ2n) is 4.03. The number of benzene rings is 1. The molecule has 1 atom stereocenters. The molecule has 0 saturated carbocycles. The van der Waals surface area contributed by atoms with Gasteiger partial charge in [-0.25, -0.2) is 4.39 Å². The molecule has 92 valence electrons. The van der Waals surface area contributed by atoms with Crippen molar-refractivity contribution in [2.45, 2.75) is 13.0 Å². The van der Waals surface area contributed by atoms with Crippen molar-refractivity contribution in [3.8, 4) is 0 Å². The molecule has 2 N–H and O–H groups in total. The summed E-state index contributed by atoms with van der Waals surface area (Å²) in [5, 5.41) is 5.91. The molecule has 0 aromatic heterocycles. The van der Waals surface area contributed by atoms with Gasteiger partial charge in [0, 0.05) is 23.7 Å². The first-order chi connectivity index (χ1) is 8.16. The van der Waals surface area contributed by atoms with E-state index in [4.69, 9.17) is 0 Å². The Labute approximate surface area is 104 Å². The van der Waals surface area contributed by atoms with Crippen LogP contribution in [0.15, 0.2) is 18.2 Å². The summed E-state index contributed by atoms with van der Waals surface area (Å²) in [5.74, 6) is 1.37. The van der Waals surface area contributed by atoms with E-state index < -0.39 is 0 Å². The van der Waals surface area contributed by atoms with E-state index in [0.717, 1.165) is 23.6 Å². The zero-order valence-electron chi connectivity index (χ0n) is 9.63. The van der Waals surface area contributed by atoms with E-state index in [-0.39, 0.29) is 17.8 Å². The monoisotopic (exact) mass is 254 g/mol. The largest absolute Gasteiger partial charge is 0.324 e. The fourth-order valence-electron chi connectivity index (χ4n) is 1.68. The van der Waals surface area contributed by atoms with Crippen LogP contribution >= 0.6 is 11.8 Å². The van der Waals surface area contributed by atoms with Crippen molar-refractivity contribution >= 4 is 23.4 Å². The van der Waals surface area contributed by atoms with Crippen molar-refractivity contribution in [2.24, 2.45) is 0 Å². The Morgan fingerprint density at radius 3 is 3.12 bits per heavy atom.